The van der Waals surface area contributed by atoms with Crippen molar-refractivity contribution in [3.63, 3.8) is 0 Å². The third kappa shape index (κ3) is 4.17. The molecular formula is C17H20FN3O2S. The molecular weight excluding hydrogens is 329 g/mol. The van der Waals surface area contributed by atoms with Crippen molar-refractivity contribution >= 4 is 17.2 Å². The molecule has 0 bridgehead atoms. The van der Waals surface area contributed by atoms with Gasteiger partial charge < -0.3 is 10.0 Å². The fraction of sp³-hybridized carbons (Fsp3) is 0.412. The van der Waals surface area contributed by atoms with Crippen LogP contribution in [-0.4, -0.2) is 65.1 Å². The van der Waals surface area contributed by atoms with E-state index in [9.17, 15) is 9.18 Å². The number of halogens is 1. The lowest BCUT2D eigenvalue weighted by Gasteiger charge is -2.34. The van der Waals surface area contributed by atoms with Crippen LogP contribution in [0.4, 0.5) is 4.39 Å². The van der Waals surface area contributed by atoms with Gasteiger partial charge in [0.15, 0.2) is 0 Å². The third-order valence-corrected chi connectivity index (χ3v) is 5.09. The highest BCUT2D eigenvalue weighted by Gasteiger charge is 2.23. The van der Waals surface area contributed by atoms with Gasteiger partial charge in [0, 0.05) is 39.1 Å². The summed E-state index contributed by atoms with van der Waals surface area (Å²) in [7, 11) is 0. The fourth-order valence-electron chi connectivity index (χ4n) is 2.74. The van der Waals surface area contributed by atoms with Crippen LogP contribution in [0, 0.1) is 5.82 Å². The number of carbonyl (C=O) groups excluding carboxylic acids is 1. The molecule has 0 radical (unpaired) electrons. The molecule has 1 saturated heterocycles. The number of carbonyl (C=O) groups is 1. The molecule has 0 aliphatic carbocycles. The Bertz CT molecular complexity index is 681. The van der Waals surface area contributed by atoms with Crippen molar-refractivity contribution < 1.29 is 14.3 Å². The van der Waals surface area contributed by atoms with Crippen molar-refractivity contribution in [3.8, 4) is 0 Å². The number of benzene rings is 1. The van der Waals surface area contributed by atoms with Crippen molar-refractivity contribution in [2.75, 3.05) is 39.3 Å². The fourth-order valence-corrected chi connectivity index (χ4v) is 3.66. The van der Waals surface area contributed by atoms with Crippen LogP contribution >= 0.6 is 11.3 Å². The molecule has 3 rings (SSSR count). The highest BCUT2D eigenvalue weighted by atomic mass is 32.1. The van der Waals surface area contributed by atoms with Crippen LogP contribution in [0.1, 0.15) is 20.2 Å². The Balaban J connectivity index is 1.59. The van der Waals surface area contributed by atoms with Gasteiger partial charge in [-0.05, 0) is 17.7 Å². The average Bonchev–Trinajstić information content (AvgIpc) is 3.06. The smallest absolute Gasteiger partial charge is 0.265 e. The Labute approximate surface area is 144 Å². The maximum absolute atomic E-state index is 12.9. The number of rotatable bonds is 5. The number of aliphatic hydroxyl groups is 1. The van der Waals surface area contributed by atoms with E-state index in [1.807, 2.05) is 4.90 Å². The Morgan fingerprint density at radius 2 is 1.92 bits per heavy atom. The monoisotopic (exact) mass is 349 g/mol. The summed E-state index contributed by atoms with van der Waals surface area (Å²) >= 11 is 1.40. The first-order valence-electron chi connectivity index (χ1n) is 7.97. The number of thiazole rings is 1. The van der Waals surface area contributed by atoms with Crippen molar-refractivity contribution in [2.45, 2.75) is 6.42 Å². The molecule has 128 valence electrons. The summed E-state index contributed by atoms with van der Waals surface area (Å²) in [5.41, 5.74) is 0.974. The van der Waals surface area contributed by atoms with Gasteiger partial charge in [0.25, 0.3) is 5.91 Å². The predicted octanol–water partition coefficient (Wildman–Crippen LogP) is 1.62. The summed E-state index contributed by atoms with van der Waals surface area (Å²) < 4.78 is 12.9. The van der Waals surface area contributed by atoms with E-state index < -0.39 is 0 Å². The lowest BCUT2D eigenvalue weighted by molar-refractivity contribution is 0.0619. The molecule has 1 aromatic heterocycles. The molecule has 5 nitrogen and oxygen atoms in total. The summed E-state index contributed by atoms with van der Waals surface area (Å²) in [5.74, 6) is -0.240. The van der Waals surface area contributed by atoms with Gasteiger partial charge in [0.05, 0.1) is 17.8 Å². The molecule has 1 aromatic carbocycles. The van der Waals surface area contributed by atoms with Gasteiger partial charge in [-0.25, -0.2) is 9.37 Å². The first kappa shape index (κ1) is 17.0. The first-order chi connectivity index (χ1) is 11.7. The minimum Gasteiger partial charge on any atom is -0.395 e. The highest BCUT2D eigenvalue weighted by Crippen LogP contribution is 2.19. The molecule has 1 fully saturated rings. The largest absolute Gasteiger partial charge is 0.395 e. The van der Waals surface area contributed by atoms with Gasteiger partial charge in [-0.1, -0.05) is 12.1 Å². The Kier molecular flexibility index (Phi) is 5.55. The SMILES string of the molecule is O=C(c1cnc(Cc2ccc(F)cc2)s1)N1CCN(CCO)CC1. The zero-order chi connectivity index (χ0) is 16.9. The standard InChI is InChI=1S/C17H20FN3O2S/c18-14-3-1-13(2-4-14)11-16-19-12-15(24-16)17(23)21-7-5-20(6-8-21)9-10-22/h1-4,12,22H,5-11H2. The minimum absolute atomic E-state index is 0.0153. The number of β-amino-alcohol motifs (C(OH)–C–C–N with tert-alkyl or cyclic N) is 1. The summed E-state index contributed by atoms with van der Waals surface area (Å²) in [6, 6.07) is 6.33. The number of aromatic nitrogens is 1. The lowest BCUT2D eigenvalue weighted by atomic mass is 10.2. The van der Waals surface area contributed by atoms with Gasteiger partial charge >= 0.3 is 0 Å². The summed E-state index contributed by atoms with van der Waals surface area (Å²) in [6.45, 7) is 3.72. The van der Waals surface area contributed by atoms with Crippen LogP contribution in [0.3, 0.4) is 0 Å². The molecule has 24 heavy (non-hydrogen) atoms. The third-order valence-electron chi connectivity index (χ3n) is 4.11. The molecule has 0 unspecified atom stereocenters. The molecule has 7 heteroatoms. The zero-order valence-corrected chi connectivity index (χ0v) is 14.1. The number of amides is 1. The van der Waals surface area contributed by atoms with E-state index >= 15 is 0 Å². The van der Waals surface area contributed by atoms with E-state index in [2.05, 4.69) is 9.88 Å². The number of piperazine rings is 1. The molecule has 1 aliphatic heterocycles. The minimum atomic E-state index is -0.255. The molecule has 0 spiro atoms. The number of hydrogen-bond acceptors (Lipinski definition) is 5. The topological polar surface area (TPSA) is 56.7 Å². The Hall–Kier alpha value is -1.83. The quantitative estimate of drug-likeness (QED) is 0.891. The summed E-state index contributed by atoms with van der Waals surface area (Å²) in [6.07, 6.45) is 2.23. The Morgan fingerprint density at radius 3 is 2.58 bits per heavy atom. The second-order valence-corrected chi connectivity index (χ2v) is 6.89. The van der Waals surface area contributed by atoms with E-state index in [1.54, 1.807) is 18.3 Å². The van der Waals surface area contributed by atoms with Crippen molar-refractivity contribution in [3.05, 3.63) is 51.7 Å². The predicted molar refractivity (Wildman–Crippen MR) is 90.7 cm³/mol. The number of aliphatic hydroxyl groups excluding tert-OH is 1. The summed E-state index contributed by atoms with van der Waals surface area (Å²) in [5, 5.41) is 9.81. The molecule has 1 amide bonds. The van der Waals surface area contributed by atoms with Crippen LogP contribution in [-0.2, 0) is 6.42 Å². The van der Waals surface area contributed by atoms with E-state index in [4.69, 9.17) is 5.11 Å². The van der Waals surface area contributed by atoms with E-state index in [0.29, 0.717) is 30.9 Å². The van der Waals surface area contributed by atoms with Gasteiger partial charge in [-0.15, -0.1) is 11.3 Å². The van der Waals surface area contributed by atoms with Gasteiger partial charge in [0.2, 0.25) is 0 Å². The normalized spacial score (nSPS) is 15.7. The lowest BCUT2D eigenvalue weighted by Crippen LogP contribution is -2.49. The maximum atomic E-state index is 12.9. The van der Waals surface area contributed by atoms with Crippen molar-refractivity contribution in [1.82, 2.24) is 14.8 Å². The van der Waals surface area contributed by atoms with Crippen LogP contribution in [0.15, 0.2) is 30.5 Å². The second-order valence-electron chi connectivity index (χ2n) is 5.78. The maximum Gasteiger partial charge on any atom is 0.265 e. The van der Waals surface area contributed by atoms with Crippen molar-refractivity contribution in [2.24, 2.45) is 0 Å². The van der Waals surface area contributed by atoms with E-state index in [0.717, 1.165) is 23.7 Å². The molecule has 0 saturated carbocycles. The zero-order valence-electron chi connectivity index (χ0n) is 13.3. The van der Waals surface area contributed by atoms with Crippen LogP contribution in [0.2, 0.25) is 0 Å². The molecule has 0 atom stereocenters. The van der Waals surface area contributed by atoms with Crippen molar-refractivity contribution in [1.29, 1.82) is 0 Å². The molecule has 1 N–H and O–H groups in total. The number of hydrogen-bond donors (Lipinski definition) is 1. The van der Waals surface area contributed by atoms with E-state index in [1.165, 1.54) is 23.5 Å². The first-order valence-corrected chi connectivity index (χ1v) is 8.79. The Morgan fingerprint density at radius 1 is 1.21 bits per heavy atom. The van der Waals surface area contributed by atoms with E-state index in [-0.39, 0.29) is 18.3 Å². The van der Waals surface area contributed by atoms with Crippen LogP contribution in [0.5, 0.6) is 0 Å². The van der Waals surface area contributed by atoms with Gasteiger partial charge in [-0.2, -0.15) is 0 Å². The summed E-state index contributed by atoms with van der Waals surface area (Å²) in [4.78, 5) is 21.5. The molecule has 2 heterocycles. The number of nitrogens with zero attached hydrogens (tertiary/aromatic N) is 3. The average molecular weight is 349 g/mol. The van der Waals surface area contributed by atoms with Crippen LogP contribution < -0.4 is 0 Å². The highest BCUT2D eigenvalue weighted by molar-refractivity contribution is 7.13. The molecule has 1 aliphatic rings. The molecule has 2 aromatic rings. The second kappa shape index (κ2) is 7.83. The van der Waals surface area contributed by atoms with Gasteiger partial charge in [-0.3, -0.25) is 9.69 Å². The van der Waals surface area contributed by atoms with Crippen LogP contribution in [0.25, 0.3) is 0 Å². The van der Waals surface area contributed by atoms with Gasteiger partial charge in [0.1, 0.15) is 10.7 Å².